The summed E-state index contributed by atoms with van der Waals surface area (Å²) in [5.41, 5.74) is 20.1. The number of hydrogen-bond donors (Lipinski definition) is 0. The van der Waals surface area contributed by atoms with E-state index in [4.69, 9.17) is 8.83 Å². The molecular weight excluding hydrogens is 817 g/mol. The number of furan rings is 2. The van der Waals surface area contributed by atoms with Crippen LogP contribution in [0.4, 0.5) is 17.1 Å². The van der Waals surface area contributed by atoms with Gasteiger partial charge in [0.05, 0.1) is 16.4 Å². The van der Waals surface area contributed by atoms with Gasteiger partial charge in [-0.15, -0.1) is 0 Å². The highest BCUT2D eigenvalue weighted by molar-refractivity contribution is 6.24. The van der Waals surface area contributed by atoms with Gasteiger partial charge < -0.3 is 18.3 Å². The summed E-state index contributed by atoms with van der Waals surface area (Å²) in [6.45, 7) is 4.69. The molecule has 0 aliphatic heterocycles. The number of benzene rings is 10. The normalized spacial score (nSPS) is 13.0. The smallest absolute Gasteiger partial charge is 0.145 e. The van der Waals surface area contributed by atoms with Crippen molar-refractivity contribution in [1.82, 2.24) is 4.57 Å². The van der Waals surface area contributed by atoms with Crippen LogP contribution in [0.3, 0.4) is 0 Å². The summed E-state index contributed by atoms with van der Waals surface area (Å²) in [5.74, 6) is 0. The van der Waals surface area contributed by atoms with Crippen LogP contribution in [-0.4, -0.2) is 4.57 Å². The van der Waals surface area contributed by atoms with Crippen molar-refractivity contribution in [3.05, 3.63) is 230 Å². The Morgan fingerprint density at radius 3 is 1.64 bits per heavy atom. The van der Waals surface area contributed by atoms with Crippen LogP contribution < -0.4 is 4.90 Å². The highest BCUT2D eigenvalue weighted by atomic mass is 16.3. The summed E-state index contributed by atoms with van der Waals surface area (Å²) in [6.07, 6.45) is 0. The molecule has 0 radical (unpaired) electrons. The van der Waals surface area contributed by atoms with Crippen molar-refractivity contribution in [2.45, 2.75) is 19.3 Å². The molecule has 3 heterocycles. The third kappa shape index (κ3) is 5.60. The Kier molecular flexibility index (Phi) is 8.00. The second-order valence-corrected chi connectivity index (χ2v) is 18.4. The van der Waals surface area contributed by atoms with E-state index in [0.29, 0.717) is 0 Å². The number of aromatic nitrogens is 1. The zero-order valence-corrected chi connectivity index (χ0v) is 37.0. The predicted molar refractivity (Wildman–Crippen MR) is 278 cm³/mol. The van der Waals surface area contributed by atoms with Crippen LogP contribution in [0.5, 0.6) is 0 Å². The molecule has 1 aliphatic rings. The van der Waals surface area contributed by atoms with Gasteiger partial charge in [0.15, 0.2) is 0 Å². The largest absolute Gasteiger partial charge is 0.455 e. The second kappa shape index (κ2) is 14.2. The fourth-order valence-electron chi connectivity index (χ4n) is 11.2. The van der Waals surface area contributed by atoms with Crippen molar-refractivity contribution in [3.63, 3.8) is 0 Å². The highest BCUT2D eigenvalue weighted by Gasteiger charge is 2.36. The van der Waals surface area contributed by atoms with Crippen LogP contribution in [0.25, 0.3) is 105 Å². The SMILES string of the molecule is CC1(C)c2ccccc2-c2ccc(N(c3ccc(-c4ccc(-n5c6ccccc6c6c7oc8ccccc8c7ccc65)cc4)cc3)c3ccc(-c4cccc5c4oc4ccccc45)cc3)cc21. The van der Waals surface area contributed by atoms with Gasteiger partial charge in [-0.2, -0.15) is 0 Å². The minimum absolute atomic E-state index is 0.127. The average molecular weight is 859 g/mol. The Labute approximate surface area is 387 Å². The summed E-state index contributed by atoms with van der Waals surface area (Å²) in [6, 6.07) is 78.9. The summed E-state index contributed by atoms with van der Waals surface area (Å²) in [7, 11) is 0. The van der Waals surface area contributed by atoms with E-state index in [1.807, 2.05) is 18.2 Å². The first-order valence-electron chi connectivity index (χ1n) is 23.1. The zero-order valence-electron chi connectivity index (χ0n) is 37.0. The molecule has 0 amide bonds. The summed E-state index contributed by atoms with van der Waals surface area (Å²) in [4.78, 5) is 2.39. The minimum Gasteiger partial charge on any atom is -0.455 e. The van der Waals surface area contributed by atoms with Gasteiger partial charge in [-0.3, -0.25) is 0 Å². The molecular formula is C63H42N2O2. The second-order valence-electron chi connectivity index (χ2n) is 18.4. The van der Waals surface area contributed by atoms with Gasteiger partial charge in [-0.25, -0.2) is 0 Å². The zero-order chi connectivity index (χ0) is 44.4. The molecule has 0 saturated heterocycles. The van der Waals surface area contributed by atoms with Gasteiger partial charge in [0, 0.05) is 60.7 Å². The summed E-state index contributed by atoms with van der Waals surface area (Å²) >= 11 is 0. The lowest BCUT2D eigenvalue weighted by molar-refractivity contribution is 0.660. The summed E-state index contributed by atoms with van der Waals surface area (Å²) < 4.78 is 15.4. The van der Waals surface area contributed by atoms with Gasteiger partial charge in [-0.05, 0) is 118 Å². The van der Waals surface area contributed by atoms with E-state index < -0.39 is 0 Å². The maximum Gasteiger partial charge on any atom is 0.145 e. The van der Waals surface area contributed by atoms with Gasteiger partial charge in [0.1, 0.15) is 22.3 Å². The van der Waals surface area contributed by atoms with Crippen LogP contribution in [0, 0.1) is 0 Å². The number of para-hydroxylation sites is 4. The fraction of sp³-hybridized carbons (Fsp3) is 0.0476. The molecule has 67 heavy (non-hydrogen) atoms. The Morgan fingerprint density at radius 1 is 0.373 bits per heavy atom. The quantitative estimate of drug-likeness (QED) is 0.167. The standard InChI is InChI=1S/C63H42N2O2/c1-63(2)54-18-7-3-12-47(54)48-35-34-45(38-55(48)63)64(43-32-26-41(27-33-43)46-16-11-17-51-49-13-5-9-20-58(49)66-61(46)51)42-28-22-39(23-29-42)40-24-30-44(31-25-40)65-56-19-8-4-15-53(56)60-57(65)37-36-52-50-14-6-10-21-59(50)67-62(52)60/h3-38H,1-2H3. The molecule has 1 aliphatic carbocycles. The van der Waals surface area contributed by atoms with Crippen molar-refractivity contribution < 1.29 is 8.83 Å². The monoisotopic (exact) mass is 858 g/mol. The van der Waals surface area contributed by atoms with E-state index in [2.05, 4.69) is 224 Å². The first kappa shape index (κ1) is 37.7. The van der Waals surface area contributed by atoms with E-state index in [0.717, 1.165) is 105 Å². The van der Waals surface area contributed by atoms with Gasteiger partial charge in [0.2, 0.25) is 0 Å². The molecule has 4 heteroatoms. The van der Waals surface area contributed by atoms with E-state index in [9.17, 15) is 0 Å². The van der Waals surface area contributed by atoms with E-state index in [1.54, 1.807) is 0 Å². The number of rotatable bonds is 6. The van der Waals surface area contributed by atoms with Gasteiger partial charge in [-0.1, -0.05) is 153 Å². The number of anilines is 3. The van der Waals surface area contributed by atoms with Crippen molar-refractivity contribution >= 4 is 82.7 Å². The van der Waals surface area contributed by atoms with Crippen molar-refractivity contribution in [1.29, 1.82) is 0 Å². The van der Waals surface area contributed by atoms with Crippen LogP contribution in [0.15, 0.2) is 227 Å². The number of fused-ring (bicyclic) bond motifs is 13. The maximum atomic E-state index is 6.55. The van der Waals surface area contributed by atoms with Crippen LogP contribution >= 0.6 is 0 Å². The molecule has 0 bridgehead atoms. The number of nitrogens with zero attached hydrogens (tertiary/aromatic N) is 2. The Morgan fingerprint density at radius 2 is 0.910 bits per heavy atom. The van der Waals surface area contributed by atoms with Crippen LogP contribution in [-0.2, 0) is 5.41 Å². The maximum absolute atomic E-state index is 6.55. The molecule has 0 fully saturated rings. The number of hydrogen-bond acceptors (Lipinski definition) is 3. The van der Waals surface area contributed by atoms with Crippen molar-refractivity contribution in [2.75, 3.05) is 4.90 Å². The lowest BCUT2D eigenvalue weighted by atomic mass is 9.82. The first-order chi connectivity index (χ1) is 33.0. The molecule has 3 aromatic heterocycles. The topological polar surface area (TPSA) is 34.5 Å². The third-order valence-corrected chi connectivity index (χ3v) is 14.4. The Bertz CT molecular complexity index is 4110. The molecule has 0 saturated carbocycles. The molecule has 0 N–H and O–H groups in total. The molecule has 13 aromatic rings. The molecule has 10 aromatic carbocycles. The van der Waals surface area contributed by atoms with Crippen LogP contribution in [0.1, 0.15) is 25.0 Å². The molecule has 0 atom stereocenters. The minimum atomic E-state index is -0.127. The van der Waals surface area contributed by atoms with Gasteiger partial charge >= 0.3 is 0 Å². The Hall–Kier alpha value is -8.60. The molecule has 4 nitrogen and oxygen atoms in total. The lowest BCUT2D eigenvalue weighted by Gasteiger charge is -2.28. The first-order valence-corrected chi connectivity index (χ1v) is 23.1. The van der Waals surface area contributed by atoms with Crippen LogP contribution in [0.2, 0.25) is 0 Å². The van der Waals surface area contributed by atoms with Gasteiger partial charge in [0.25, 0.3) is 0 Å². The van der Waals surface area contributed by atoms with E-state index in [-0.39, 0.29) is 5.41 Å². The van der Waals surface area contributed by atoms with E-state index in [1.165, 1.54) is 27.6 Å². The highest BCUT2D eigenvalue weighted by Crippen LogP contribution is 2.51. The summed E-state index contributed by atoms with van der Waals surface area (Å²) in [5, 5.41) is 6.87. The molecule has 316 valence electrons. The predicted octanol–water partition coefficient (Wildman–Crippen LogP) is 17.7. The Balaban J connectivity index is 0.844. The third-order valence-electron chi connectivity index (χ3n) is 14.4. The fourth-order valence-corrected chi connectivity index (χ4v) is 11.2. The molecule has 14 rings (SSSR count). The molecule has 0 spiro atoms. The molecule has 0 unspecified atom stereocenters. The average Bonchev–Trinajstić information content (AvgIpc) is 4.11. The van der Waals surface area contributed by atoms with E-state index >= 15 is 0 Å². The lowest BCUT2D eigenvalue weighted by Crippen LogP contribution is -2.16. The van der Waals surface area contributed by atoms with Crippen molar-refractivity contribution in [2.24, 2.45) is 0 Å². The van der Waals surface area contributed by atoms with Crippen molar-refractivity contribution in [3.8, 4) is 39.1 Å².